The highest BCUT2D eigenvalue weighted by Crippen LogP contribution is 2.17. The molecule has 1 amide bonds. The van der Waals surface area contributed by atoms with Crippen molar-refractivity contribution in [3.05, 3.63) is 33.8 Å². The van der Waals surface area contributed by atoms with Crippen LogP contribution in [-0.2, 0) is 0 Å². The summed E-state index contributed by atoms with van der Waals surface area (Å²) in [6.45, 7) is 4.75. The summed E-state index contributed by atoms with van der Waals surface area (Å²) in [4.78, 5) is 11.8. The molecule has 0 saturated heterocycles. The molecule has 0 spiro atoms. The third-order valence-corrected chi connectivity index (χ3v) is 4.29. The van der Waals surface area contributed by atoms with Crippen LogP contribution in [0.15, 0.2) is 22.7 Å². The number of hydrogen-bond acceptors (Lipinski definition) is 1. The lowest BCUT2D eigenvalue weighted by atomic mass is 10.1. The summed E-state index contributed by atoms with van der Waals surface area (Å²) >= 11 is 6.80. The molecule has 88 valence electrons. The zero-order chi connectivity index (χ0) is 12.1. The highest BCUT2D eigenvalue weighted by Gasteiger charge is 2.08. The minimum atomic E-state index is -0.0107. The van der Waals surface area contributed by atoms with E-state index in [0.29, 0.717) is 18.0 Å². The number of rotatable bonds is 4. The van der Waals surface area contributed by atoms with Gasteiger partial charge in [0.2, 0.25) is 0 Å². The fourth-order valence-corrected chi connectivity index (χ4v) is 1.69. The average Bonchev–Trinajstić information content (AvgIpc) is 2.29. The molecular formula is C12H15Br2NO. The molecule has 0 saturated carbocycles. The van der Waals surface area contributed by atoms with Crippen LogP contribution in [0.2, 0.25) is 0 Å². The van der Waals surface area contributed by atoms with Gasteiger partial charge in [-0.2, -0.15) is 0 Å². The standard InChI is InChI=1S/C12H15Br2NO/c1-8(6-13)7-15-12(16)10-3-4-11(14)9(2)5-10/h3-5,8H,6-7H2,1-2H3,(H,15,16). The number of amides is 1. The van der Waals surface area contributed by atoms with E-state index in [9.17, 15) is 4.79 Å². The van der Waals surface area contributed by atoms with Gasteiger partial charge in [-0.05, 0) is 36.6 Å². The van der Waals surface area contributed by atoms with Gasteiger partial charge in [0.05, 0.1) is 0 Å². The van der Waals surface area contributed by atoms with E-state index in [1.807, 2.05) is 25.1 Å². The topological polar surface area (TPSA) is 29.1 Å². The van der Waals surface area contributed by atoms with Crippen LogP contribution in [0.4, 0.5) is 0 Å². The summed E-state index contributed by atoms with van der Waals surface area (Å²) in [6, 6.07) is 5.61. The lowest BCUT2D eigenvalue weighted by molar-refractivity contribution is 0.0949. The van der Waals surface area contributed by atoms with Gasteiger partial charge in [0.25, 0.3) is 5.91 Å². The van der Waals surface area contributed by atoms with Crippen molar-refractivity contribution >= 4 is 37.8 Å². The Hall–Kier alpha value is -0.350. The van der Waals surface area contributed by atoms with Crippen LogP contribution in [0.5, 0.6) is 0 Å². The maximum absolute atomic E-state index is 11.8. The molecule has 0 heterocycles. The second-order valence-electron chi connectivity index (χ2n) is 3.93. The number of halogens is 2. The minimum Gasteiger partial charge on any atom is -0.352 e. The lowest BCUT2D eigenvalue weighted by Gasteiger charge is -2.10. The Balaban J connectivity index is 2.63. The van der Waals surface area contributed by atoms with E-state index in [1.54, 1.807) is 0 Å². The second kappa shape index (κ2) is 6.40. The number of nitrogens with one attached hydrogen (secondary N) is 1. The second-order valence-corrected chi connectivity index (χ2v) is 5.44. The van der Waals surface area contributed by atoms with Crippen molar-refractivity contribution in [1.82, 2.24) is 5.32 Å². The third kappa shape index (κ3) is 3.91. The molecule has 0 aliphatic carbocycles. The van der Waals surface area contributed by atoms with E-state index in [-0.39, 0.29) is 5.91 Å². The smallest absolute Gasteiger partial charge is 0.251 e. The van der Waals surface area contributed by atoms with Gasteiger partial charge >= 0.3 is 0 Å². The number of benzene rings is 1. The zero-order valence-electron chi connectivity index (χ0n) is 9.39. The van der Waals surface area contributed by atoms with Crippen LogP contribution < -0.4 is 5.32 Å². The summed E-state index contributed by atoms with van der Waals surface area (Å²) in [7, 11) is 0. The van der Waals surface area contributed by atoms with Gasteiger partial charge in [0.15, 0.2) is 0 Å². The molecule has 0 radical (unpaired) electrons. The average molecular weight is 349 g/mol. The quantitative estimate of drug-likeness (QED) is 0.829. The van der Waals surface area contributed by atoms with Gasteiger partial charge in [0.1, 0.15) is 0 Å². The summed E-state index contributed by atoms with van der Waals surface area (Å²) in [5.74, 6) is 0.434. The van der Waals surface area contributed by atoms with Crippen molar-refractivity contribution in [3.8, 4) is 0 Å². The van der Waals surface area contributed by atoms with E-state index < -0.39 is 0 Å². The molecule has 1 N–H and O–H groups in total. The maximum atomic E-state index is 11.8. The van der Waals surface area contributed by atoms with Crippen molar-refractivity contribution in [3.63, 3.8) is 0 Å². The van der Waals surface area contributed by atoms with Crippen LogP contribution >= 0.6 is 31.9 Å². The van der Waals surface area contributed by atoms with Gasteiger partial charge in [0, 0.05) is 21.9 Å². The Morgan fingerprint density at radius 2 is 2.19 bits per heavy atom. The van der Waals surface area contributed by atoms with Crippen LogP contribution in [0.25, 0.3) is 0 Å². The first-order valence-electron chi connectivity index (χ1n) is 5.15. The van der Waals surface area contributed by atoms with Gasteiger partial charge in [-0.25, -0.2) is 0 Å². The number of carbonyl (C=O) groups is 1. The molecule has 1 unspecified atom stereocenters. The molecule has 16 heavy (non-hydrogen) atoms. The Kier molecular flexibility index (Phi) is 5.49. The fraction of sp³-hybridized carbons (Fsp3) is 0.417. The molecule has 2 nitrogen and oxygen atoms in total. The van der Waals surface area contributed by atoms with E-state index in [4.69, 9.17) is 0 Å². The van der Waals surface area contributed by atoms with Crippen LogP contribution in [0.1, 0.15) is 22.8 Å². The minimum absolute atomic E-state index is 0.0107. The van der Waals surface area contributed by atoms with E-state index in [1.165, 1.54) is 0 Å². The first-order valence-corrected chi connectivity index (χ1v) is 7.06. The number of aryl methyl sites for hydroxylation is 1. The number of hydrogen-bond donors (Lipinski definition) is 1. The monoisotopic (exact) mass is 347 g/mol. The molecule has 4 heteroatoms. The van der Waals surface area contributed by atoms with E-state index >= 15 is 0 Å². The van der Waals surface area contributed by atoms with Crippen molar-refractivity contribution in [2.75, 3.05) is 11.9 Å². The van der Waals surface area contributed by atoms with Gasteiger partial charge in [-0.3, -0.25) is 4.79 Å². The molecule has 0 fully saturated rings. The Bertz CT molecular complexity index is 379. The fourth-order valence-electron chi connectivity index (χ4n) is 1.21. The van der Waals surface area contributed by atoms with Crippen molar-refractivity contribution in [1.29, 1.82) is 0 Å². The molecule has 1 atom stereocenters. The summed E-state index contributed by atoms with van der Waals surface area (Å²) in [5.41, 5.74) is 1.78. The highest BCUT2D eigenvalue weighted by molar-refractivity contribution is 9.10. The Morgan fingerprint density at radius 3 is 2.75 bits per heavy atom. The number of alkyl halides is 1. The predicted octanol–water partition coefficient (Wildman–Crippen LogP) is 3.52. The third-order valence-electron chi connectivity index (χ3n) is 2.29. The predicted molar refractivity (Wildman–Crippen MR) is 74.2 cm³/mol. The molecule has 0 aliphatic heterocycles. The normalized spacial score (nSPS) is 12.2. The van der Waals surface area contributed by atoms with Gasteiger partial charge in [-0.15, -0.1) is 0 Å². The largest absolute Gasteiger partial charge is 0.352 e. The number of carbonyl (C=O) groups excluding carboxylic acids is 1. The highest BCUT2D eigenvalue weighted by atomic mass is 79.9. The van der Waals surface area contributed by atoms with Crippen LogP contribution in [0, 0.1) is 12.8 Å². The summed E-state index contributed by atoms with van der Waals surface area (Å²) in [6.07, 6.45) is 0. The first kappa shape index (κ1) is 13.7. The van der Waals surface area contributed by atoms with Crippen LogP contribution in [0.3, 0.4) is 0 Å². The van der Waals surface area contributed by atoms with E-state index in [0.717, 1.165) is 15.4 Å². The van der Waals surface area contributed by atoms with E-state index in [2.05, 4.69) is 44.1 Å². The Labute approximate surface area is 113 Å². The molecular weight excluding hydrogens is 334 g/mol. The molecule has 0 aromatic heterocycles. The molecule has 1 rings (SSSR count). The Morgan fingerprint density at radius 1 is 1.50 bits per heavy atom. The molecule has 0 aliphatic rings. The molecule has 1 aromatic carbocycles. The molecule has 1 aromatic rings. The van der Waals surface area contributed by atoms with Crippen molar-refractivity contribution < 1.29 is 4.79 Å². The SMILES string of the molecule is Cc1cc(C(=O)NCC(C)CBr)ccc1Br. The zero-order valence-corrected chi connectivity index (χ0v) is 12.6. The van der Waals surface area contributed by atoms with Gasteiger partial charge < -0.3 is 5.32 Å². The van der Waals surface area contributed by atoms with Gasteiger partial charge in [-0.1, -0.05) is 38.8 Å². The lowest BCUT2D eigenvalue weighted by Crippen LogP contribution is -2.28. The summed E-state index contributed by atoms with van der Waals surface area (Å²) in [5, 5.41) is 3.81. The van der Waals surface area contributed by atoms with Crippen molar-refractivity contribution in [2.24, 2.45) is 5.92 Å². The first-order chi connectivity index (χ1) is 7.54. The molecule has 0 bridgehead atoms. The van der Waals surface area contributed by atoms with Crippen molar-refractivity contribution in [2.45, 2.75) is 13.8 Å². The maximum Gasteiger partial charge on any atom is 0.251 e. The summed E-state index contributed by atoms with van der Waals surface area (Å²) < 4.78 is 1.03. The van der Waals surface area contributed by atoms with Crippen LogP contribution in [-0.4, -0.2) is 17.8 Å².